The van der Waals surface area contributed by atoms with Gasteiger partial charge in [0.15, 0.2) is 0 Å². The third-order valence-corrected chi connectivity index (χ3v) is 5.00. The molecule has 142 valence electrons. The number of halogens is 2. The lowest BCUT2D eigenvalue weighted by atomic mass is 9.96. The maximum Gasteiger partial charge on any atom is 0.243 e. The molecule has 2 aromatic carbocycles. The number of carbonyl (C=O) groups is 1. The number of nitrogens with one attached hydrogen (secondary N) is 1. The number of phenolic OH excluding ortho intramolecular Hbond substituents is 1. The number of piperidine rings is 1. The molecule has 1 aliphatic rings. The number of hydrazone groups is 1. The molecule has 1 aliphatic heterocycles. The van der Waals surface area contributed by atoms with E-state index in [1.54, 1.807) is 36.5 Å². The molecule has 27 heavy (non-hydrogen) atoms. The maximum absolute atomic E-state index is 13.1. The minimum absolute atomic E-state index is 0.0816. The van der Waals surface area contributed by atoms with Gasteiger partial charge >= 0.3 is 0 Å². The lowest BCUT2D eigenvalue weighted by Crippen LogP contribution is -2.39. The quantitative estimate of drug-likeness (QED) is 0.607. The van der Waals surface area contributed by atoms with E-state index in [0.717, 1.165) is 37.1 Å². The average molecular weight is 390 g/mol. The van der Waals surface area contributed by atoms with Gasteiger partial charge in [-0.1, -0.05) is 17.7 Å². The second kappa shape index (κ2) is 8.97. The fraction of sp³-hybridized carbons (Fsp3) is 0.300. The van der Waals surface area contributed by atoms with Gasteiger partial charge in [0.1, 0.15) is 11.6 Å². The summed E-state index contributed by atoms with van der Waals surface area (Å²) in [6.07, 6.45) is 3.02. The van der Waals surface area contributed by atoms with Crippen LogP contribution in [0.5, 0.6) is 5.75 Å². The summed E-state index contributed by atoms with van der Waals surface area (Å²) in [5.41, 5.74) is 4.26. The summed E-state index contributed by atoms with van der Waals surface area (Å²) in [6, 6.07) is 11.0. The molecule has 3 rings (SSSR count). The van der Waals surface area contributed by atoms with E-state index >= 15 is 0 Å². The van der Waals surface area contributed by atoms with Crippen LogP contribution in [0.15, 0.2) is 47.6 Å². The summed E-state index contributed by atoms with van der Waals surface area (Å²) in [5.74, 6) is -0.330. The number of aromatic hydroxyl groups is 1. The molecule has 1 fully saturated rings. The Bertz CT molecular complexity index is 818. The highest BCUT2D eigenvalue weighted by atomic mass is 35.5. The zero-order valence-electron chi connectivity index (χ0n) is 14.7. The standard InChI is InChI=1S/C20H21ClFN3O2/c21-19-11-17(22)4-3-16(19)13-25-9-7-15(8-10-25)20(27)24-23-12-14-1-5-18(26)6-2-14/h1-6,11-12,15,26H,7-10,13H2,(H,24,27). The van der Waals surface area contributed by atoms with Crippen LogP contribution >= 0.6 is 11.6 Å². The van der Waals surface area contributed by atoms with E-state index in [4.69, 9.17) is 11.6 Å². The van der Waals surface area contributed by atoms with Gasteiger partial charge in [-0.3, -0.25) is 9.69 Å². The number of likely N-dealkylation sites (tertiary alicyclic amines) is 1. The van der Waals surface area contributed by atoms with Crippen molar-refractivity contribution < 1.29 is 14.3 Å². The van der Waals surface area contributed by atoms with Crippen LogP contribution in [-0.4, -0.2) is 35.2 Å². The van der Waals surface area contributed by atoms with Gasteiger partial charge in [0.25, 0.3) is 0 Å². The summed E-state index contributed by atoms with van der Waals surface area (Å²) in [6.45, 7) is 2.19. The second-order valence-electron chi connectivity index (χ2n) is 6.61. The first-order valence-corrected chi connectivity index (χ1v) is 9.17. The molecule has 0 aliphatic carbocycles. The van der Waals surface area contributed by atoms with Gasteiger partial charge < -0.3 is 5.11 Å². The highest BCUT2D eigenvalue weighted by Crippen LogP contribution is 2.23. The lowest BCUT2D eigenvalue weighted by Gasteiger charge is -2.31. The van der Waals surface area contributed by atoms with Gasteiger partial charge in [-0.05, 0) is 73.5 Å². The van der Waals surface area contributed by atoms with Crippen LogP contribution in [0.3, 0.4) is 0 Å². The molecular formula is C20H21ClFN3O2. The Hall–Kier alpha value is -2.44. The van der Waals surface area contributed by atoms with Crippen LogP contribution in [-0.2, 0) is 11.3 Å². The van der Waals surface area contributed by atoms with Gasteiger partial charge in [0.2, 0.25) is 5.91 Å². The van der Waals surface area contributed by atoms with Crippen LogP contribution in [0, 0.1) is 11.7 Å². The smallest absolute Gasteiger partial charge is 0.243 e. The number of rotatable bonds is 5. The van der Waals surface area contributed by atoms with Crippen LogP contribution in [0.2, 0.25) is 5.02 Å². The fourth-order valence-corrected chi connectivity index (χ4v) is 3.29. The fourth-order valence-electron chi connectivity index (χ4n) is 3.07. The van der Waals surface area contributed by atoms with Gasteiger partial charge in [-0.25, -0.2) is 9.82 Å². The van der Waals surface area contributed by atoms with Gasteiger partial charge in [-0.15, -0.1) is 0 Å². The minimum atomic E-state index is -0.341. The zero-order chi connectivity index (χ0) is 19.2. The van der Waals surface area contributed by atoms with Gasteiger partial charge in [0, 0.05) is 17.5 Å². The van der Waals surface area contributed by atoms with E-state index in [9.17, 15) is 14.3 Å². The lowest BCUT2D eigenvalue weighted by molar-refractivity contribution is -0.126. The van der Waals surface area contributed by atoms with Crippen LogP contribution in [0.4, 0.5) is 4.39 Å². The van der Waals surface area contributed by atoms with Crippen molar-refractivity contribution in [2.45, 2.75) is 19.4 Å². The first-order valence-electron chi connectivity index (χ1n) is 8.79. The monoisotopic (exact) mass is 389 g/mol. The van der Waals surface area contributed by atoms with Crippen LogP contribution in [0.1, 0.15) is 24.0 Å². The molecule has 0 unspecified atom stereocenters. The summed E-state index contributed by atoms with van der Waals surface area (Å²) >= 11 is 6.08. The Labute approximate surface area is 162 Å². The van der Waals surface area contributed by atoms with Crippen molar-refractivity contribution in [3.05, 3.63) is 64.4 Å². The number of amides is 1. The zero-order valence-corrected chi connectivity index (χ0v) is 15.5. The Balaban J connectivity index is 1.45. The van der Waals surface area contributed by atoms with Crippen molar-refractivity contribution in [2.75, 3.05) is 13.1 Å². The van der Waals surface area contributed by atoms with Crippen molar-refractivity contribution in [3.63, 3.8) is 0 Å². The van der Waals surface area contributed by atoms with Gasteiger partial charge in [0.05, 0.1) is 6.21 Å². The van der Waals surface area contributed by atoms with E-state index in [0.29, 0.717) is 11.6 Å². The minimum Gasteiger partial charge on any atom is -0.508 e. The predicted octanol–water partition coefficient (Wildman–Crippen LogP) is 3.55. The van der Waals surface area contributed by atoms with E-state index in [-0.39, 0.29) is 23.4 Å². The van der Waals surface area contributed by atoms with E-state index in [1.165, 1.54) is 12.1 Å². The molecule has 0 bridgehead atoms. The highest BCUT2D eigenvalue weighted by molar-refractivity contribution is 6.31. The van der Waals surface area contributed by atoms with E-state index < -0.39 is 0 Å². The van der Waals surface area contributed by atoms with E-state index in [2.05, 4.69) is 15.4 Å². The number of nitrogens with zero attached hydrogens (tertiary/aromatic N) is 2. The molecule has 0 spiro atoms. The molecule has 1 amide bonds. The van der Waals surface area contributed by atoms with Crippen LogP contribution < -0.4 is 5.43 Å². The Morgan fingerprint density at radius 2 is 1.96 bits per heavy atom. The maximum atomic E-state index is 13.1. The summed E-state index contributed by atoms with van der Waals surface area (Å²) in [5, 5.41) is 13.6. The van der Waals surface area contributed by atoms with Crippen molar-refractivity contribution in [3.8, 4) is 5.75 Å². The van der Waals surface area contributed by atoms with Crippen molar-refractivity contribution in [1.82, 2.24) is 10.3 Å². The molecule has 0 saturated carbocycles. The first kappa shape index (κ1) is 19.3. The van der Waals surface area contributed by atoms with Crippen molar-refractivity contribution in [2.24, 2.45) is 11.0 Å². The third-order valence-electron chi connectivity index (χ3n) is 4.65. The number of hydrogen-bond acceptors (Lipinski definition) is 4. The number of carbonyl (C=O) groups excluding carboxylic acids is 1. The number of hydrogen-bond donors (Lipinski definition) is 2. The van der Waals surface area contributed by atoms with Gasteiger partial charge in [-0.2, -0.15) is 5.10 Å². The average Bonchev–Trinajstić information content (AvgIpc) is 2.66. The Morgan fingerprint density at radius 3 is 2.63 bits per heavy atom. The molecular weight excluding hydrogens is 369 g/mol. The van der Waals surface area contributed by atoms with Crippen LogP contribution in [0.25, 0.3) is 0 Å². The number of benzene rings is 2. The van der Waals surface area contributed by atoms with Crippen molar-refractivity contribution >= 4 is 23.7 Å². The summed E-state index contributed by atoms with van der Waals surface area (Å²) in [4.78, 5) is 14.5. The molecule has 5 nitrogen and oxygen atoms in total. The predicted molar refractivity (Wildman–Crippen MR) is 103 cm³/mol. The SMILES string of the molecule is O=C(NN=Cc1ccc(O)cc1)C1CCN(Cc2ccc(F)cc2Cl)CC1. The largest absolute Gasteiger partial charge is 0.508 e. The highest BCUT2D eigenvalue weighted by Gasteiger charge is 2.25. The number of phenols is 1. The van der Waals surface area contributed by atoms with Crippen molar-refractivity contribution in [1.29, 1.82) is 0 Å². The topological polar surface area (TPSA) is 64.9 Å². The molecule has 1 saturated heterocycles. The second-order valence-corrected chi connectivity index (χ2v) is 7.02. The normalized spacial score (nSPS) is 15.9. The summed E-state index contributed by atoms with van der Waals surface area (Å²) in [7, 11) is 0. The molecule has 2 N–H and O–H groups in total. The molecule has 0 radical (unpaired) electrons. The van der Waals surface area contributed by atoms with E-state index in [1.807, 2.05) is 0 Å². The molecule has 7 heteroatoms. The summed E-state index contributed by atoms with van der Waals surface area (Å²) < 4.78 is 13.1. The third kappa shape index (κ3) is 5.52. The molecule has 2 aromatic rings. The molecule has 0 atom stereocenters. The first-order chi connectivity index (χ1) is 13.0. The Morgan fingerprint density at radius 1 is 1.26 bits per heavy atom. The Kier molecular flexibility index (Phi) is 6.42. The molecule has 1 heterocycles. The molecule has 0 aromatic heterocycles.